The normalized spacial score (nSPS) is 20.2. The highest BCUT2D eigenvalue weighted by atomic mass is 19.4. The molecule has 166 valence electrons. The van der Waals surface area contributed by atoms with Crippen molar-refractivity contribution >= 4 is 16.9 Å². The fourth-order valence-corrected chi connectivity index (χ4v) is 3.82. The molecule has 0 aromatic carbocycles. The van der Waals surface area contributed by atoms with Crippen molar-refractivity contribution in [2.24, 2.45) is 0 Å². The van der Waals surface area contributed by atoms with E-state index in [-0.39, 0.29) is 23.7 Å². The van der Waals surface area contributed by atoms with Gasteiger partial charge < -0.3 is 15.6 Å². The number of hydrogen-bond donors (Lipinski definition) is 3. The van der Waals surface area contributed by atoms with Crippen LogP contribution >= 0.6 is 0 Å². The summed E-state index contributed by atoms with van der Waals surface area (Å²) in [7, 11) is 0. The average molecular weight is 435 g/mol. The molecular formula is C20H24F3N7O. The molecule has 1 aliphatic carbocycles. The first kappa shape index (κ1) is 21.3. The molecule has 8 nitrogen and oxygen atoms in total. The fraction of sp³-hybridized carbons (Fsp3) is 0.500. The summed E-state index contributed by atoms with van der Waals surface area (Å²) >= 11 is 0. The van der Waals surface area contributed by atoms with Gasteiger partial charge in [0.15, 0.2) is 5.69 Å². The first-order chi connectivity index (χ1) is 14.6. The van der Waals surface area contributed by atoms with Gasteiger partial charge in [-0.05, 0) is 45.6 Å². The van der Waals surface area contributed by atoms with E-state index in [2.05, 4.69) is 30.6 Å². The predicted octanol–water partition coefficient (Wildman–Crippen LogP) is 3.12. The highest BCUT2D eigenvalue weighted by Gasteiger charge is 2.48. The van der Waals surface area contributed by atoms with Gasteiger partial charge in [0.2, 0.25) is 5.95 Å². The predicted molar refractivity (Wildman–Crippen MR) is 108 cm³/mol. The van der Waals surface area contributed by atoms with Crippen LogP contribution in [-0.2, 0) is 0 Å². The van der Waals surface area contributed by atoms with Crippen molar-refractivity contribution in [2.45, 2.75) is 63.3 Å². The fourth-order valence-electron chi connectivity index (χ4n) is 3.82. The van der Waals surface area contributed by atoms with Crippen LogP contribution in [0.5, 0.6) is 0 Å². The van der Waals surface area contributed by atoms with Gasteiger partial charge in [-0.1, -0.05) is 0 Å². The van der Waals surface area contributed by atoms with Gasteiger partial charge in [0.05, 0.1) is 11.0 Å². The quantitative estimate of drug-likeness (QED) is 0.572. The number of amides is 1. The Morgan fingerprint density at radius 3 is 2.52 bits per heavy atom. The van der Waals surface area contributed by atoms with Crippen LogP contribution in [0.1, 0.15) is 50.0 Å². The number of alkyl halides is 3. The van der Waals surface area contributed by atoms with E-state index in [9.17, 15) is 18.0 Å². The molecule has 0 unspecified atom stereocenters. The topological polar surface area (TPSA) is 101 Å². The van der Waals surface area contributed by atoms with Gasteiger partial charge in [-0.2, -0.15) is 13.2 Å². The Morgan fingerprint density at radius 2 is 1.87 bits per heavy atom. The van der Waals surface area contributed by atoms with Crippen LogP contribution in [0, 0.1) is 0 Å². The molecule has 0 saturated heterocycles. The molecule has 1 fully saturated rings. The Kier molecular flexibility index (Phi) is 5.46. The molecular weight excluding hydrogens is 411 g/mol. The second kappa shape index (κ2) is 7.95. The molecule has 3 N–H and O–H groups in total. The van der Waals surface area contributed by atoms with Crippen LogP contribution in [0.4, 0.5) is 13.2 Å². The third-order valence-electron chi connectivity index (χ3n) is 5.68. The van der Waals surface area contributed by atoms with Crippen molar-refractivity contribution in [1.29, 1.82) is 0 Å². The summed E-state index contributed by atoms with van der Waals surface area (Å²) in [5, 5.41) is 5.69. The summed E-state index contributed by atoms with van der Waals surface area (Å²) in [6, 6.07) is 1.39. The number of nitrogens with one attached hydrogen (secondary N) is 3. The summed E-state index contributed by atoms with van der Waals surface area (Å²) in [4.78, 5) is 28.8. The van der Waals surface area contributed by atoms with Crippen molar-refractivity contribution in [3.8, 4) is 5.95 Å². The van der Waals surface area contributed by atoms with E-state index in [1.54, 1.807) is 35.6 Å². The van der Waals surface area contributed by atoms with Gasteiger partial charge in [0, 0.05) is 30.7 Å². The van der Waals surface area contributed by atoms with E-state index < -0.39 is 11.7 Å². The van der Waals surface area contributed by atoms with Crippen LogP contribution in [-0.4, -0.2) is 54.2 Å². The van der Waals surface area contributed by atoms with E-state index in [0.29, 0.717) is 42.7 Å². The van der Waals surface area contributed by atoms with Gasteiger partial charge in [0.1, 0.15) is 11.9 Å². The number of halogens is 3. The van der Waals surface area contributed by atoms with Crippen molar-refractivity contribution in [1.82, 2.24) is 35.1 Å². The Balaban J connectivity index is 1.43. The molecule has 3 heterocycles. The molecule has 0 bridgehead atoms. The Labute approximate surface area is 176 Å². The van der Waals surface area contributed by atoms with Gasteiger partial charge in [-0.3, -0.25) is 9.36 Å². The largest absolute Gasteiger partial charge is 0.406 e. The zero-order valence-corrected chi connectivity index (χ0v) is 17.2. The molecule has 11 heteroatoms. The number of H-pyrrole nitrogens is 1. The molecule has 1 aliphatic rings. The summed E-state index contributed by atoms with van der Waals surface area (Å²) in [6.07, 6.45) is 4.47. The molecule has 0 spiro atoms. The molecule has 3 aromatic rings. The molecule has 1 saturated carbocycles. The molecule has 31 heavy (non-hydrogen) atoms. The van der Waals surface area contributed by atoms with E-state index in [4.69, 9.17) is 0 Å². The van der Waals surface area contributed by atoms with Crippen LogP contribution in [0.25, 0.3) is 17.0 Å². The van der Waals surface area contributed by atoms with Gasteiger partial charge in [-0.15, -0.1) is 0 Å². The maximum Gasteiger partial charge on any atom is 0.406 e. The van der Waals surface area contributed by atoms with Crippen molar-refractivity contribution < 1.29 is 18.0 Å². The maximum atomic E-state index is 13.1. The number of aromatic amines is 1. The number of hydrogen-bond acceptors (Lipinski definition) is 5. The summed E-state index contributed by atoms with van der Waals surface area (Å²) in [6.45, 7) is 2.30. The average Bonchev–Trinajstić information content (AvgIpc) is 3.39. The second-order valence-electron chi connectivity index (χ2n) is 8.37. The Hall–Kier alpha value is -2.95. The highest BCUT2D eigenvalue weighted by Crippen LogP contribution is 2.32. The summed E-state index contributed by atoms with van der Waals surface area (Å²) < 4.78 is 41.0. The van der Waals surface area contributed by atoms with Crippen molar-refractivity contribution in [3.63, 3.8) is 0 Å². The van der Waals surface area contributed by atoms with Gasteiger partial charge >= 0.3 is 6.18 Å². The lowest BCUT2D eigenvalue weighted by molar-refractivity contribution is -0.188. The number of fused-ring (bicyclic) bond motifs is 1. The smallest absolute Gasteiger partial charge is 0.358 e. The third kappa shape index (κ3) is 4.41. The lowest BCUT2D eigenvalue weighted by Crippen LogP contribution is -2.57. The zero-order chi connectivity index (χ0) is 22.2. The molecule has 0 aliphatic heterocycles. The van der Waals surface area contributed by atoms with E-state index in [1.165, 1.54) is 0 Å². The molecule has 0 atom stereocenters. The number of carbonyl (C=O) groups excluding carboxylic acids is 1. The minimum Gasteiger partial charge on any atom is -0.358 e. The number of aromatic nitrogens is 5. The molecule has 3 aromatic heterocycles. The second-order valence-corrected chi connectivity index (χ2v) is 8.37. The number of rotatable bonds is 5. The number of nitrogens with zero attached hydrogens (tertiary/aromatic N) is 4. The third-order valence-corrected chi connectivity index (χ3v) is 5.68. The number of imidazole rings is 1. The van der Waals surface area contributed by atoms with Crippen LogP contribution in [0.2, 0.25) is 0 Å². The lowest BCUT2D eigenvalue weighted by Gasteiger charge is -2.37. The Bertz CT molecular complexity index is 1050. The Morgan fingerprint density at radius 1 is 1.16 bits per heavy atom. The van der Waals surface area contributed by atoms with E-state index in [1.807, 2.05) is 0 Å². The van der Waals surface area contributed by atoms with Crippen molar-refractivity contribution in [2.75, 3.05) is 0 Å². The van der Waals surface area contributed by atoms with E-state index >= 15 is 0 Å². The van der Waals surface area contributed by atoms with Gasteiger partial charge in [-0.25, -0.2) is 15.0 Å². The van der Waals surface area contributed by atoms with Crippen LogP contribution in [0.15, 0.2) is 31.0 Å². The first-order valence-corrected chi connectivity index (χ1v) is 10.1. The van der Waals surface area contributed by atoms with Crippen LogP contribution in [0.3, 0.4) is 0 Å². The highest BCUT2D eigenvalue weighted by molar-refractivity contribution is 6.03. The standard InChI is InChI=1S/C20H24F3N7O/c1-19(2,20(21,22)23)29-13-5-3-12(4-6-13)26-17(31)16-15-14(7-8-25-15)27-18(28-16)30-10-9-24-11-30/h7-13,25,29H,3-6H2,1-2H3,(H,26,31)/t12-,13-. The van der Waals surface area contributed by atoms with Gasteiger partial charge in [0.25, 0.3) is 5.91 Å². The van der Waals surface area contributed by atoms with Crippen LogP contribution < -0.4 is 10.6 Å². The zero-order valence-electron chi connectivity index (χ0n) is 17.2. The molecule has 4 rings (SSSR count). The summed E-state index contributed by atoms with van der Waals surface area (Å²) in [5.74, 6) is -0.0136. The maximum absolute atomic E-state index is 13.1. The van der Waals surface area contributed by atoms with E-state index in [0.717, 1.165) is 13.8 Å². The summed E-state index contributed by atoms with van der Waals surface area (Å²) in [5.41, 5.74) is -0.593. The monoisotopic (exact) mass is 435 g/mol. The minimum atomic E-state index is -4.32. The number of carbonyl (C=O) groups is 1. The minimum absolute atomic E-state index is 0.128. The molecule has 0 radical (unpaired) electrons. The SMILES string of the molecule is CC(C)(N[C@H]1CC[C@H](NC(=O)c2nc(-n3ccnc3)nc3cc[nH]c23)CC1)C(F)(F)F. The molecule has 1 amide bonds. The first-order valence-electron chi connectivity index (χ1n) is 10.1. The lowest BCUT2D eigenvalue weighted by atomic mass is 9.89. The van der Waals surface area contributed by atoms with Crippen molar-refractivity contribution in [3.05, 3.63) is 36.7 Å².